The highest BCUT2D eigenvalue weighted by atomic mass is 16.5. The fourth-order valence-corrected chi connectivity index (χ4v) is 5.00. The Balaban J connectivity index is 1.39. The lowest BCUT2D eigenvalue weighted by Crippen LogP contribution is -2.50. The highest BCUT2D eigenvalue weighted by Crippen LogP contribution is 2.28. The molecule has 0 unspecified atom stereocenters. The number of aromatic nitrogens is 1. The Morgan fingerprint density at radius 1 is 0.947 bits per heavy atom. The third kappa shape index (κ3) is 5.43. The van der Waals surface area contributed by atoms with Crippen LogP contribution in [0.2, 0.25) is 0 Å². The largest absolute Gasteiger partial charge is 0.497 e. The lowest BCUT2D eigenvalue weighted by molar-refractivity contribution is 0.0608. The van der Waals surface area contributed by atoms with Crippen LogP contribution in [0.4, 0.5) is 0 Å². The molecule has 4 aromatic rings. The Morgan fingerprint density at radius 3 is 2.47 bits per heavy atom. The number of hydrogen-bond donors (Lipinski definition) is 1. The molecule has 0 bridgehead atoms. The molecule has 1 aliphatic rings. The number of hydrogen-bond acceptors (Lipinski definition) is 5. The number of ether oxygens (including phenoxy) is 2. The number of benzene rings is 3. The van der Waals surface area contributed by atoms with E-state index in [0.717, 1.165) is 27.8 Å². The fourth-order valence-electron chi connectivity index (χ4n) is 5.00. The normalized spacial score (nSPS) is 14.2. The molecule has 0 fully saturated rings. The van der Waals surface area contributed by atoms with Crippen LogP contribution in [0.1, 0.15) is 40.3 Å². The van der Waals surface area contributed by atoms with Crippen molar-refractivity contribution in [2.75, 3.05) is 20.2 Å². The maximum absolute atomic E-state index is 13.6. The van der Waals surface area contributed by atoms with Gasteiger partial charge < -0.3 is 19.7 Å². The Hall–Kier alpha value is -4.10. The molecule has 7 heteroatoms. The van der Waals surface area contributed by atoms with E-state index in [0.29, 0.717) is 31.0 Å². The number of carbonyl (C=O) groups is 2. The number of para-hydroxylation sites is 1. The number of carbonyl (C=O) groups excluding carboxylic acids is 2. The summed E-state index contributed by atoms with van der Waals surface area (Å²) in [5.74, 6) is 1.26. The topological polar surface area (TPSA) is 72.8 Å². The van der Waals surface area contributed by atoms with E-state index in [4.69, 9.17) is 9.47 Å². The first-order chi connectivity index (χ1) is 18.4. The van der Waals surface area contributed by atoms with Crippen molar-refractivity contribution in [3.63, 3.8) is 0 Å². The number of methoxy groups -OCH3 is 1. The second kappa shape index (κ2) is 11.1. The lowest BCUT2D eigenvalue weighted by Gasteiger charge is -2.31. The van der Waals surface area contributed by atoms with E-state index < -0.39 is 0 Å². The molecule has 0 saturated heterocycles. The van der Waals surface area contributed by atoms with E-state index in [2.05, 4.69) is 17.4 Å². The summed E-state index contributed by atoms with van der Waals surface area (Å²) in [4.78, 5) is 28.5. The van der Waals surface area contributed by atoms with Gasteiger partial charge in [-0.15, -0.1) is 0 Å². The van der Waals surface area contributed by atoms with Gasteiger partial charge in [0.05, 0.1) is 18.7 Å². The highest BCUT2D eigenvalue weighted by molar-refractivity contribution is 6.09. The molecule has 3 aromatic carbocycles. The zero-order chi connectivity index (χ0) is 26.6. The Kier molecular flexibility index (Phi) is 7.47. The number of amides is 1. The van der Waals surface area contributed by atoms with Gasteiger partial charge in [-0.3, -0.25) is 14.2 Å². The van der Waals surface area contributed by atoms with Crippen molar-refractivity contribution >= 4 is 22.7 Å². The minimum Gasteiger partial charge on any atom is -0.497 e. The number of nitrogens with zero attached hydrogens (tertiary/aromatic N) is 2. The molecule has 196 valence electrons. The number of nitrogens with one attached hydrogen (secondary N) is 1. The molecule has 1 aliphatic heterocycles. The maximum Gasteiger partial charge on any atom is 0.271 e. The van der Waals surface area contributed by atoms with Gasteiger partial charge in [0, 0.05) is 30.1 Å². The first kappa shape index (κ1) is 25.5. The molecule has 0 aliphatic carbocycles. The van der Waals surface area contributed by atoms with Gasteiger partial charge in [-0.05, 0) is 56.2 Å². The first-order valence-corrected chi connectivity index (χ1v) is 13.0. The van der Waals surface area contributed by atoms with Crippen LogP contribution in [0.3, 0.4) is 0 Å². The van der Waals surface area contributed by atoms with Gasteiger partial charge in [-0.25, -0.2) is 0 Å². The molecule has 5 rings (SSSR count). The zero-order valence-corrected chi connectivity index (χ0v) is 22.0. The fraction of sp³-hybridized carbons (Fsp3) is 0.290. The van der Waals surface area contributed by atoms with Crippen molar-refractivity contribution in [2.24, 2.45) is 0 Å². The quantitative estimate of drug-likeness (QED) is 0.327. The van der Waals surface area contributed by atoms with Crippen molar-refractivity contribution < 1.29 is 19.1 Å². The van der Waals surface area contributed by atoms with E-state index in [1.54, 1.807) is 24.1 Å². The van der Waals surface area contributed by atoms with E-state index >= 15 is 0 Å². The third-order valence-electron chi connectivity index (χ3n) is 6.77. The molecule has 2 heterocycles. The summed E-state index contributed by atoms with van der Waals surface area (Å²) in [6, 6.07) is 25.4. The molecular weight excluding hydrogens is 478 g/mol. The molecule has 1 amide bonds. The Morgan fingerprint density at radius 2 is 1.71 bits per heavy atom. The average Bonchev–Trinajstić information content (AvgIpc) is 3.31. The maximum atomic E-state index is 13.6. The molecule has 0 saturated carbocycles. The van der Waals surface area contributed by atoms with Crippen LogP contribution in [0.15, 0.2) is 78.9 Å². The summed E-state index contributed by atoms with van der Waals surface area (Å²) < 4.78 is 12.9. The van der Waals surface area contributed by atoms with Crippen LogP contribution in [-0.2, 0) is 13.0 Å². The predicted molar refractivity (Wildman–Crippen MR) is 148 cm³/mol. The number of rotatable bonds is 10. The molecule has 7 nitrogen and oxygen atoms in total. The summed E-state index contributed by atoms with van der Waals surface area (Å²) in [7, 11) is 1.60. The van der Waals surface area contributed by atoms with Crippen LogP contribution in [0, 0.1) is 0 Å². The number of fused-ring (bicyclic) bond motifs is 3. The van der Waals surface area contributed by atoms with Gasteiger partial charge in [0.2, 0.25) is 0 Å². The van der Waals surface area contributed by atoms with Crippen molar-refractivity contribution in [2.45, 2.75) is 39.0 Å². The summed E-state index contributed by atoms with van der Waals surface area (Å²) in [6.45, 7) is 5.03. The van der Waals surface area contributed by atoms with Crippen LogP contribution >= 0.6 is 0 Å². The van der Waals surface area contributed by atoms with Crippen molar-refractivity contribution in [3.05, 3.63) is 95.7 Å². The minimum atomic E-state index is -0.150. The smallest absolute Gasteiger partial charge is 0.271 e. The van der Waals surface area contributed by atoms with E-state index in [1.165, 1.54) is 4.57 Å². The predicted octanol–water partition coefficient (Wildman–Crippen LogP) is 4.93. The van der Waals surface area contributed by atoms with Crippen LogP contribution in [-0.4, -0.2) is 53.6 Å². The first-order valence-electron chi connectivity index (χ1n) is 13.0. The SMILES string of the molecule is COc1ccc2c(c1)cc1n2C(=O)CN(C[C@H](Cc2ccccc2)NCc2ccccc2OC(C)C)C1=O. The van der Waals surface area contributed by atoms with Gasteiger partial charge in [-0.2, -0.15) is 0 Å². The Labute approximate surface area is 223 Å². The standard InChI is InChI=1S/C31H33N3O4/c1-21(2)38-29-12-8-7-11-23(29)18-32-25(15-22-9-5-4-6-10-22)19-33-20-30(35)34-27-14-13-26(37-3)16-24(27)17-28(34)31(33)36/h4-14,16-17,21,25,32H,15,18-20H2,1-3H3/t25-/m0/s1. The molecule has 1 atom stereocenters. The van der Waals surface area contributed by atoms with Gasteiger partial charge in [0.1, 0.15) is 23.7 Å². The molecule has 1 N–H and O–H groups in total. The molecule has 0 spiro atoms. The summed E-state index contributed by atoms with van der Waals surface area (Å²) in [6.07, 6.45) is 0.784. The molecule has 0 radical (unpaired) electrons. The monoisotopic (exact) mass is 511 g/mol. The minimum absolute atomic E-state index is 0.0294. The van der Waals surface area contributed by atoms with Crippen LogP contribution in [0.25, 0.3) is 10.9 Å². The van der Waals surface area contributed by atoms with Gasteiger partial charge in [0.15, 0.2) is 0 Å². The second-order valence-electron chi connectivity index (χ2n) is 9.91. The van der Waals surface area contributed by atoms with Crippen LogP contribution < -0.4 is 14.8 Å². The van der Waals surface area contributed by atoms with Gasteiger partial charge in [-0.1, -0.05) is 48.5 Å². The molecule has 1 aromatic heterocycles. The van der Waals surface area contributed by atoms with E-state index in [9.17, 15) is 9.59 Å². The van der Waals surface area contributed by atoms with Crippen molar-refractivity contribution in [1.29, 1.82) is 0 Å². The van der Waals surface area contributed by atoms with E-state index in [-0.39, 0.29) is 30.5 Å². The summed E-state index contributed by atoms with van der Waals surface area (Å²) >= 11 is 0. The Bertz CT molecular complexity index is 1440. The average molecular weight is 512 g/mol. The summed E-state index contributed by atoms with van der Waals surface area (Å²) in [5, 5.41) is 4.45. The van der Waals surface area contributed by atoms with E-state index in [1.807, 2.05) is 68.4 Å². The van der Waals surface area contributed by atoms with Crippen molar-refractivity contribution in [3.8, 4) is 11.5 Å². The third-order valence-corrected chi connectivity index (χ3v) is 6.77. The van der Waals surface area contributed by atoms with Gasteiger partial charge in [0.25, 0.3) is 11.8 Å². The van der Waals surface area contributed by atoms with Crippen LogP contribution in [0.5, 0.6) is 11.5 Å². The summed E-state index contributed by atoms with van der Waals surface area (Å²) in [5.41, 5.74) is 3.32. The second-order valence-corrected chi connectivity index (χ2v) is 9.91. The molecular formula is C31H33N3O4. The molecule has 38 heavy (non-hydrogen) atoms. The highest BCUT2D eigenvalue weighted by Gasteiger charge is 2.33. The zero-order valence-electron chi connectivity index (χ0n) is 22.0. The van der Waals surface area contributed by atoms with Gasteiger partial charge >= 0.3 is 0 Å². The van der Waals surface area contributed by atoms with Crippen molar-refractivity contribution in [1.82, 2.24) is 14.8 Å². The lowest BCUT2D eigenvalue weighted by atomic mass is 10.0.